The van der Waals surface area contributed by atoms with E-state index in [1.54, 1.807) is 0 Å². The van der Waals surface area contributed by atoms with Gasteiger partial charge in [0.15, 0.2) is 5.96 Å². The fraction of sp³-hybridized carbons (Fsp3) is 0.588. The molecule has 0 aromatic heterocycles. The summed E-state index contributed by atoms with van der Waals surface area (Å²) in [5.74, 6) is 0.943. The molecule has 116 valence electrons. The van der Waals surface area contributed by atoms with E-state index >= 15 is 0 Å². The van der Waals surface area contributed by atoms with Crippen LogP contribution in [0.15, 0.2) is 35.3 Å². The van der Waals surface area contributed by atoms with Crippen LogP contribution < -0.4 is 10.6 Å². The van der Waals surface area contributed by atoms with Gasteiger partial charge in [-0.05, 0) is 32.8 Å². The van der Waals surface area contributed by atoms with Crippen molar-refractivity contribution < 1.29 is 0 Å². The molecule has 1 aromatic rings. The van der Waals surface area contributed by atoms with Crippen molar-refractivity contribution in [2.45, 2.75) is 45.8 Å². The zero-order valence-corrected chi connectivity index (χ0v) is 13.5. The van der Waals surface area contributed by atoms with Crippen LogP contribution in [0.2, 0.25) is 0 Å². The number of guanidine groups is 1. The number of aliphatic imine (C=N–C) groups is 1. The smallest absolute Gasteiger partial charge is 0.191 e. The maximum Gasteiger partial charge on any atom is 0.191 e. The van der Waals surface area contributed by atoms with Crippen LogP contribution in [0.5, 0.6) is 0 Å². The number of hydrogen-bond acceptors (Lipinski definition) is 2. The quantitative estimate of drug-likeness (QED) is 0.645. The summed E-state index contributed by atoms with van der Waals surface area (Å²) in [6, 6.07) is 11.8. The average molecular weight is 288 g/mol. The molecule has 0 amide bonds. The van der Waals surface area contributed by atoms with Gasteiger partial charge in [0.2, 0.25) is 0 Å². The summed E-state index contributed by atoms with van der Waals surface area (Å²) in [5.41, 5.74) is 1.39. The third-order valence-corrected chi connectivity index (χ3v) is 3.93. The highest BCUT2D eigenvalue weighted by Gasteiger charge is 2.29. The van der Waals surface area contributed by atoms with E-state index in [0.29, 0.717) is 12.1 Å². The molecule has 1 heterocycles. The minimum Gasteiger partial charge on any atom is -0.357 e. The summed E-state index contributed by atoms with van der Waals surface area (Å²) < 4.78 is 0. The Kier molecular flexibility index (Phi) is 6.05. The van der Waals surface area contributed by atoms with Crippen LogP contribution in [0.25, 0.3) is 0 Å². The van der Waals surface area contributed by atoms with Gasteiger partial charge in [0.25, 0.3) is 0 Å². The van der Waals surface area contributed by atoms with Gasteiger partial charge in [-0.15, -0.1) is 0 Å². The number of nitrogens with zero attached hydrogens (tertiary/aromatic N) is 2. The van der Waals surface area contributed by atoms with Crippen molar-refractivity contribution in [2.75, 3.05) is 19.6 Å². The highest BCUT2D eigenvalue weighted by molar-refractivity contribution is 5.80. The van der Waals surface area contributed by atoms with Crippen molar-refractivity contribution in [3.05, 3.63) is 35.9 Å². The second kappa shape index (κ2) is 8.03. The summed E-state index contributed by atoms with van der Waals surface area (Å²) in [6.45, 7) is 10.3. The second-order valence-corrected chi connectivity index (χ2v) is 5.69. The first-order valence-electron chi connectivity index (χ1n) is 8.05. The number of benzene rings is 1. The van der Waals surface area contributed by atoms with E-state index < -0.39 is 0 Å². The molecule has 0 saturated carbocycles. The molecule has 2 N–H and O–H groups in total. The van der Waals surface area contributed by atoms with Gasteiger partial charge >= 0.3 is 0 Å². The molecule has 2 atom stereocenters. The third kappa shape index (κ3) is 4.74. The Morgan fingerprint density at radius 2 is 2.05 bits per heavy atom. The second-order valence-electron chi connectivity index (χ2n) is 5.69. The zero-order valence-electron chi connectivity index (χ0n) is 13.5. The van der Waals surface area contributed by atoms with Crippen molar-refractivity contribution >= 4 is 5.96 Å². The Labute approximate surface area is 128 Å². The minimum absolute atomic E-state index is 0.480. The fourth-order valence-corrected chi connectivity index (χ4v) is 2.91. The van der Waals surface area contributed by atoms with Gasteiger partial charge in [0, 0.05) is 38.3 Å². The topological polar surface area (TPSA) is 39.7 Å². The van der Waals surface area contributed by atoms with E-state index in [1.807, 2.05) is 0 Å². The van der Waals surface area contributed by atoms with Gasteiger partial charge in [-0.1, -0.05) is 30.3 Å². The predicted molar refractivity (Wildman–Crippen MR) is 89.5 cm³/mol. The largest absolute Gasteiger partial charge is 0.357 e. The van der Waals surface area contributed by atoms with Gasteiger partial charge in [-0.3, -0.25) is 9.89 Å². The van der Waals surface area contributed by atoms with Crippen LogP contribution in [0.1, 0.15) is 32.8 Å². The fourth-order valence-electron chi connectivity index (χ4n) is 2.91. The van der Waals surface area contributed by atoms with Crippen LogP contribution in [-0.4, -0.2) is 42.6 Å². The molecule has 0 aliphatic carbocycles. The van der Waals surface area contributed by atoms with Gasteiger partial charge in [-0.25, -0.2) is 0 Å². The SMILES string of the molecule is CCN=C(NCC)NC1CC(C)N(Cc2ccccc2)C1. The first kappa shape index (κ1) is 15.8. The summed E-state index contributed by atoms with van der Waals surface area (Å²) in [4.78, 5) is 7.03. The Morgan fingerprint density at radius 3 is 2.71 bits per heavy atom. The molecule has 1 saturated heterocycles. The van der Waals surface area contributed by atoms with E-state index in [1.165, 1.54) is 12.0 Å². The molecule has 1 aliphatic rings. The van der Waals surface area contributed by atoms with Crippen molar-refractivity contribution in [3.8, 4) is 0 Å². The van der Waals surface area contributed by atoms with Crippen molar-refractivity contribution in [2.24, 2.45) is 4.99 Å². The lowest BCUT2D eigenvalue weighted by atomic mass is 10.2. The highest BCUT2D eigenvalue weighted by Crippen LogP contribution is 2.20. The van der Waals surface area contributed by atoms with Gasteiger partial charge in [0.05, 0.1) is 0 Å². The molecule has 0 bridgehead atoms. The first-order valence-corrected chi connectivity index (χ1v) is 8.05. The summed E-state index contributed by atoms with van der Waals surface area (Å²) in [7, 11) is 0. The first-order chi connectivity index (χ1) is 10.2. The van der Waals surface area contributed by atoms with E-state index in [9.17, 15) is 0 Å². The molecule has 1 aliphatic heterocycles. The van der Waals surface area contributed by atoms with Gasteiger partial charge in [0.1, 0.15) is 0 Å². The van der Waals surface area contributed by atoms with Gasteiger partial charge < -0.3 is 10.6 Å². The summed E-state index contributed by atoms with van der Waals surface area (Å²) in [5, 5.41) is 6.87. The maximum absolute atomic E-state index is 4.49. The van der Waals surface area contributed by atoms with E-state index in [4.69, 9.17) is 0 Å². The maximum atomic E-state index is 4.49. The predicted octanol–water partition coefficient (Wildman–Crippen LogP) is 2.22. The van der Waals surface area contributed by atoms with Crippen LogP contribution in [0.3, 0.4) is 0 Å². The normalized spacial score (nSPS) is 23.3. The molecular weight excluding hydrogens is 260 g/mol. The van der Waals surface area contributed by atoms with Crippen LogP contribution >= 0.6 is 0 Å². The van der Waals surface area contributed by atoms with E-state index in [2.05, 4.69) is 71.6 Å². The van der Waals surface area contributed by atoms with Crippen LogP contribution in [-0.2, 0) is 6.54 Å². The molecule has 4 heteroatoms. The van der Waals surface area contributed by atoms with Crippen LogP contribution in [0.4, 0.5) is 0 Å². The molecule has 1 fully saturated rings. The third-order valence-electron chi connectivity index (χ3n) is 3.93. The van der Waals surface area contributed by atoms with Crippen molar-refractivity contribution in [1.29, 1.82) is 0 Å². The van der Waals surface area contributed by atoms with E-state index in [0.717, 1.165) is 32.1 Å². The molecule has 0 radical (unpaired) electrons. The monoisotopic (exact) mass is 288 g/mol. The molecule has 2 unspecified atom stereocenters. The van der Waals surface area contributed by atoms with Crippen molar-refractivity contribution in [3.63, 3.8) is 0 Å². The standard InChI is InChI=1S/C17H28N4/c1-4-18-17(19-5-2)20-16-11-14(3)21(13-16)12-15-9-7-6-8-10-15/h6-10,14,16H,4-5,11-13H2,1-3H3,(H2,18,19,20). The molecule has 1 aromatic carbocycles. The summed E-state index contributed by atoms with van der Waals surface area (Å²) >= 11 is 0. The number of hydrogen-bond donors (Lipinski definition) is 2. The lowest BCUT2D eigenvalue weighted by Crippen LogP contribution is -2.44. The molecule has 4 nitrogen and oxygen atoms in total. The minimum atomic E-state index is 0.480. The molecule has 21 heavy (non-hydrogen) atoms. The van der Waals surface area contributed by atoms with E-state index in [-0.39, 0.29) is 0 Å². The lowest BCUT2D eigenvalue weighted by molar-refractivity contribution is 0.258. The van der Waals surface area contributed by atoms with Crippen molar-refractivity contribution in [1.82, 2.24) is 15.5 Å². The number of likely N-dealkylation sites (tertiary alicyclic amines) is 1. The Hall–Kier alpha value is -1.55. The summed E-state index contributed by atoms with van der Waals surface area (Å²) in [6.07, 6.45) is 1.17. The molecular formula is C17H28N4. The highest BCUT2D eigenvalue weighted by atomic mass is 15.3. The lowest BCUT2D eigenvalue weighted by Gasteiger charge is -2.21. The number of rotatable bonds is 5. The van der Waals surface area contributed by atoms with Gasteiger partial charge in [-0.2, -0.15) is 0 Å². The molecule has 0 spiro atoms. The Bertz CT molecular complexity index is 443. The Morgan fingerprint density at radius 1 is 1.29 bits per heavy atom. The zero-order chi connectivity index (χ0) is 15.1. The number of nitrogens with one attached hydrogen (secondary N) is 2. The average Bonchev–Trinajstić information content (AvgIpc) is 2.80. The van der Waals surface area contributed by atoms with Crippen LogP contribution in [0, 0.1) is 0 Å². The molecule has 2 rings (SSSR count). The Balaban J connectivity index is 1.90.